The molecule has 0 atom stereocenters. The van der Waals surface area contributed by atoms with Crippen LogP contribution in [0.3, 0.4) is 0 Å². The largest absolute Gasteiger partial charge is 0.293 e. The minimum Gasteiger partial charge on any atom is -0.293 e. The fourth-order valence-corrected chi connectivity index (χ4v) is 3.77. The first-order valence-electron chi connectivity index (χ1n) is 4.16. The number of carbonyl (C=O) groups is 1. The van der Waals surface area contributed by atoms with Gasteiger partial charge in [0, 0.05) is 16.3 Å². The highest BCUT2D eigenvalue weighted by Gasteiger charge is 2.11. The summed E-state index contributed by atoms with van der Waals surface area (Å²) in [6.45, 7) is 0. The summed E-state index contributed by atoms with van der Waals surface area (Å²) in [6.07, 6.45) is 0.469. The van der Waals surface area contributed by atoms with Crippen LogP contribution in [-0.2, 0) is 6.42 Å². The molecule has 0 saturated heterocycles. The Kier molecular flexibility index (Phi) is 3.77. The van der Waals surface area contributed by atoms with Crippen LogP contribution in [-0.4, -0.2) is 5.78 Å². The molecule has 2 rings (SSSR count). The summed E-state index contributed by atoms with van der Waals surface area (Å²) in [5.74, 6) is 0.171. The molecule has 0 radical (unpaired) electrons. The second kappa shape index (κ2) is 4.91. The number of Topliss-reactive ketones (excluding diaryl/α,β-unsaturated/α-hetero) is 1. The lowest BCUT2D eigenvalue weighted by Crippen LogP contribution is -2.00. The van der Waals surface area contributed by atoms with Crippen molar-refractivity contribution in [3.8, 4) is 0 Å². The Balaban J connectivity index is 2.14. The van der Waals surface area contributed by atoms with Crippen molar-refractivity contribution in [2.24, 2.45) is 0 Å². The Morgan fingerprint density at radius 3 is 2.67 bits per heavy atom. The van der Waals surface area contributed by atoms with Crippen molar-refractivity contribution in [3.05, 3.63) is 41.6 Å². The van der Waals surface area contributed by atoms with E-state index in [4.69, 9.17) is 0 Å². The lowest BCUT2D eigenvalue weighted by atomic mass is 10.1. The van der Waals surface area contributed by atoms with Gasteiger partial charge in [-0.25, -0.2) is 0 Å². The van der Waals surface area contributed by atoms with Crippen LogP contribution in [0.1, 0.15) is 15.2 Å². The molecule has 0 aliphatic rings. The van der Waals surface area contributed by atoms with E-state index in [2.05, 4.69) is 31.9 Å². The van der Waals surface area contributed by atoms with E-state index >= 15 is 0 Å². The summed E-state index contributed by atoms with van der Waals surface area (Å²) in [4.78, 5) is 12.7. The van der Waals surface area contributed by atoms with Crippen molar-refractivity contribution in [1.29, 1.82) is 0 Å². The van der Waals surface area contributed by atoms with Crippen LogP contribution in [0.5, 0.6) is 0 Å². The van der Waals surface area contributed by atoms with Crippen LogP contribution in [0.15, 0.2) is 31.2 Å². The van der Waals surface area contributed by atoms with Gasteiger partial charge in [0.05, 0.1) is 8.66 Å². The number of rotatable bonds is 3. The molecule has 0 saturated carbocycles. The van der Waals surface area contributed by atoms with E-state index in [0.29, 0.717) is 6.42 Å². The van der Waals surface area contributed by atoms with E-state index < -0.39 is 0 Å². The molecule has 5 heteroatoms. The second-order valence-corrected chi connectivity index (χ2v) is 7.01. The van der Waals surface area contributed by atoms with Gasteiger partial charge in [-0.2, -0.15) is 0 Å². The number of thiophene rings is 2. The van der Waals surface area contributed by atoms with E-state index in [1.165, 1.54) is 11.3 Å². The van der Waals surface area contributed by atoms with Crippen molar-refractivity contribution in [1.82, 2.24) is 0 Å². The summed E-state index contributed by atoms with van der Waals surface area (Å²) in [5, 5.41) is 3.91. The minimum atomic E-state index is 0.171. The third-order valence-corrected chi connectivity index (χ3v) is 5.43. The molecule has 0 aliphatic heterocycles. The molecule has 2 heterocycles. The van der Waals surface area contributed by atoms with Crippen molar-refractivity contribution in [3.63, 3.8) is 0 Å². The van der Waals surface area contributed by atoms with E-state index in [1.807, 2.05) is 22.9 Å². The first kappa shape index (κ1) is 11.5. The van der Waals surface area contributed by atoms with Crippen molar-refractivity contribution in [2.45, 2.75) is 6.42 Å². The minimum absolute atomic E-state index is 0.171. The Labute approximate surface area is 112 Å². The lowest BCUT2D eigenvalue weighted by molar-refractivity contribution is 0.0997. The number of halogens is 2. The zero-order chi connectivity index (χ0) is 10.8. The molecule has 0 amide bonds. The Bertz CT molecular complexity index is 487. The molecule has 0 fully saturated rings. The number of hydrogen-bond donors (Lipinski definition) is 0. The van der Waals surface area contributed by atoms with Gasteiger partial charge in [-0.1, -0.05) is 0 Å². The number of carbonyl (C=O) groups excluding carboxylic acids is 1. The van der Waals surface area contributed by atoms with E-state index in [9.17, 15) is 4.79 Å². The standard InChI is InChI=1S/C10H6Br2OS2/c11-7-4-9(15-5-7)8(13)3-6-1-2-14-10(6)12/h1-2,4-5H,3H2. The predicted molar refractivity (Wildman–Crippen MR) is 72.1 cm³/mol. The summed E-state index contributed by atoms with van der Waals surface area (Å²) >= 11 is 9.86. The van der Waals surface area contributed by atoms with Gasteiger partial charge in [0.25, 0.3) is 0 Å². The van der Waals surface area contributed by atoms with Crippen molar-refractivity contribution in [2.75, 3.05) is 0 Å². The number of ketones is 1. The number of hydrogen-bond acceptors (Lipinski definition) is 3. The molecule has 15 heavy (non-hydrogen) atoms. The Morgan fingerprint density at radius 2 is 2.13 bits per heavy atom. The molecule has 2 aromatic rings. The molecular formula is C10H6Br2OS2. The third-order valence-electron chi connectivity index (χ3n) is 1.89. The van der Waals surface area contributed by atoms with E-state index in [0.717, 1.165) is 18.7 Å². The summed E-state index contributed by atoms with van der Waals surface area (Å²) < 4.78 is 2.02. The van der Waals surface area contributed by atoms with Crippen LogP contribution < -0.4 is 0 Å². The zero-order valence-corrected chi connectivity index (χ0v) is 12.3. The third kappa shape index (κ3) is 2.78. The molecule has 0 aliphatic carbocycles. The maximum Gasteiger partial charge on any atom is 0.177 e. The van der Waals surface area contributed by atoms with Crippen molar-refractivity contribution >= 4 is 60.3 Å². The molecule has 78 valence electrons. The van der Waals surface area contributed by atoms with Gasteiger partial charge in [0.1, 0.15) is 0 Å². The second-order valence-electron chi connectivity index (χ2n) is 2.95. The van der Waals surface area contributed by atoms with Gasteiger partial charge >= 0.3 is 0 Å². The van der Waals surface area contributed by atoms with Gasteiger partial charge < -0.3 is 0 Å². The summed E-state index contributed by atoms with van der Waals surface area (Å²) in [5.41, 5.74) is 1.06. The molecular weight excluding hydrogens is 360 g/mol. The smallest absolute Gasteiger partial charge is 0.177 e. The Morgan fingerprint density at radius 1 is 1.33 bits per heavy atom. The van der Waals surface area contributed by atoms with Gasteiger partial charge in [0.2, 0.25) is 0 Å². The normalized spacial score (nSPS) is 10.5. The van der Waals surface area contributed by atoms with Crippen LogP contribution >= 0.6 is 54.5 Å². The quantitative estimate of drug-likeness (QED) is 0.716. The Hall–Kier alpha value is 0.0300. The van der Waals surface area contributed by atoms with Gasteiger partial charge in [-0.15, -0.1) is 22.7 Å². The predicted octanol–water partition coefficient (Wildman–Crippen LogP) is 4.76. The molecule has 0 unspecified atom stereocenters. The molecule has 1 nitrogen and oxygen atoms in total. The average Bonchev–Trinajstić information content (AvgIpc) is 2.77. The van der Waals surface area contributed by atoms with E-state index in [1.54, 1.807) is 11.3 Å². The van der Waals surface area contributed by atoms with Gasteiger partial charge in [-0.05, 0) is 54.9 Å². The highest BCUT2D eigenvalue weighted by atomic mass is 79.9. The van der Waals surface area contributed by atoms with Gasteiger partial charge in [-0.3, -0.25) is 4.79 Å². The molecule has 0 aromatic carbocycles. The van der Waals surface area contributed by atoms with E-state index in [-0.39, 0.29) is 5.78 Å². The van der Waals surface area contributed by atoms with Crippen LogP contribution in [0, 0.1) is 0 Å². The van der Waals surface area contributed by atoms with Crippen molar-refractivity contribution < 1.29 is 4.79 Å². The van der Waals surface area contributed by atoms with Crippen LogP contribution in [0.2, 0.25) is 0 Å². The molecule has 0 bridgehead atoms. The highest BCUT2D eigenvalue weighted by molar-refractivity contribution is 9.11. The molecule has 2 aromatic heterocycles. The van der Waals surface area contributed by atoms with Gasteiger partial charge in [0.15, 0.2) is 5.78 Å². The molecule has 0 spiro atoms. The topological polar surface area (TPSA) is 17.1 Å². The molecule has 0 N–H and O–H groups in total. The van der Waals surface area contributed by atoms with Crippen LogP contribution in [0.4, 0.5) is 0 Å². The first-order chi connectivity index (χ1) is 7.16. The lowest BCUT2D eigenvalue weighted by Gasteiger charge is -1.96. The van der Waals surface area contributed by atoms with Crippen LogP contribution in [0.25, 0.3) is 0 Å². The zero-order valence-electron chi connectivity index (χ0n) is 7.50. The maximum atomic E-state index is 11.9. The monoisotopic (exact) mass is 364 g/mol. The fraction of sp³-hybridized carbons (Fsp3) is 0.100. The SMILES string of the molecule is O=C(Cc1ccsc1Br)c1cc(Br)cs1. The summed E-state index contributed by atoms with van der Waals surface area (Å²) in [7, 11) is 0. The first-order valence-corrected chi connectivity index (χ1v) is 7.50. The maximum absolute atomic E-state index is 11.9. The highest BCUT2D eigenvalue weighted by Crippen LogP contribution is 2.26. The average molecular weight is 366 g/mol. The fourth-order valence-electron chi connectivity index (χ4n) is 1.16. The summed E-state index contributed by atoms with van der Waals surface area (Å²) in [6, 6.07) is 3.85.